The molecule has 0 radical (unpaired) electrons. The quantitative estimate of drug-likeness (QED) is 0.475. The van der Waals surface area contributed by atoms with Crippen molar-refractivity contribution in [3.8, 4) is 0 Å². The van der Waals surface area contributed by atoms with E-state index in [0.717, 1.165) is 0 Å². The summed E-state index contributed by atoms with van der Waals surface area (Å²) in [5.41, 5.74) is -0.569. The summed E-state index contributed by atoms with van der Waals surface area (Å²) < 4.78 is 5.66. The molecule has 0 saturated heterocycles. The van der Waals surface area contributed by atoms with Gasteiger partial charge in [-0.2, -0.15) is 0 Å². The van der Waals surface area contributed by atoms with Crippen molar-refractivity contribution >= 4 is 39.3 Å². The molecule has 92 valence electrons. The van der Waals surface area contributed by atoms with Gasteiger partial charge in [-0.25, -0.2) is 4.79 Å². The summed E-state index contributed by atoms with van der Waals surface area (Å²) >= 11 is 9.07. The molecule has 0 fully saturated rings. The Hall–Kier alpha value is -0.870. The molecule has 0 heterocycles. The number of carbonyl (C=O) groups is 2. The molecular weight excluding hydrogens is 307 g/mol. The molecule has 1 aromatic rings. The van der Waals surface area contributed by atoms with Gasteiger partial charge in [-0.15, -0.1) is 0 Å². The first kappa shape index (κ1) is 14.2. The standard InChI is InChI=1S/C12H12BrClO3/c1-12(2,3)17-11(16)10(15)8-6-7(13)4-5-9(8)14/h4-6H,1-3H3. The summed E-state index contributed by atoms with van der Waals surface area (Å²) in [6.07, 6.45) is 0. The molecule has 3 nitrogen and oxygen atoms in total. The van der Waals surface area contributed by atoms with Crippen LogP contribution in [0.4, 0.5) is 0 Å². The molecule has 0 spiro atoms. The van der Waals surface area contributed by atoms with Crippen molar-refractivity contribution in [3.05, 3.63) is 33.3 Å². The first-order chi connectivity index (χ1) is 7.70. The molecule has 0 bridgehead atoms. The Labute approximate surface area is 113 Å². The lowest BCUT2D eigenvalue weighted by molar-refractivity contribution is -0.148. The zero-order valence-electron chi connectivity index (χ0n) is 9.71. The van der Waals surface area contributed by atoms with Crippen molar-refractivity contribution in [1.82, 2.24) is 0 Å². The van der Waals surface area contributed by atoms with E-state index in [1.165, 1.54) is 6.07 Å². The Kier molecular flexibility index (Phi) is 4.33. The van der Waals surface area contributed by atoms with Gasteiger partial charge in [0, 0.05) is 10.0 Å². The van der Waals surface area contributed by atoms with Gasteiger partial charge in [0.15, 0.2) is 0 Å². The van der Waals surface area contributed by atoms with Gasteiger partial charge >= 0.3 is 5.97 Å². The second-order valence-electron chi connectivity index (χ2n) is 4.46. The Morgan fingerprint density at radius 2 is 1.88 bits per heavy atom. The number of benzene rings is 1. The number of carbonyl (C=O) groups excluding carboxylic acids is 2. The zero-order chi connectivity index (χ0) is 13.2. The van der Waals surface area contributed by atoms with Crippen LogP contribution in [0.3, 0.4) is 0 Å². The topological polar surface area (TPSA) is 43.4 Å². The van der Waals surface area contributed by atoms with Crippen LogP contribution in [0.5, 0.6) is 0 Å². The Bertz CT molecular complexity index is 463. The fourth-order valence-electron chi connectivity index (χ4n) is 1.11. The summed E-state index contributed by atoms with van der Waals surface area (Å²) in [5.74, 6) is -1.65. The van der Waals surface area contributed by atoms with Crippen LogP contribution >= 0.6 is 27.5 Å². The molecule has 0 amide bonds. The fraction of sp³-hybridized carbons (Fsp3) is 0.333. The second-order valence-corrected chi connectivity index (χ2v) is 5.78. The molecule has 1 aromatic carbocycles. The van der Waals surface area contributed by atoms with Gasteiger partial charge in [0.2, 0.25) is 0 Å². The van der Waals surface area contributed by atoms with Crippen LogP contribution in [0.1, 0.15) is 31.1 Å². The zero-order valence-corrected chi connectivity index (χ0v) is 12.1. The van der Waals surface area contributed by atoms with Crippen molar-refractivity contribution in [2.24, 2.45) is 0 Å². The number of Topliss-reactive ketones (excluding diaryl/α,β-unsaturated/α-hetero) is 1. The highest BCUT2D eigenvalue weighted by molar-refractivity contribution is 9.10. The van der Waals surface area contributed by atoms with Crippen LogP contribution in [-0.4, -0.2) is 17.4 Å². The van der Waals surface area contributed by atoms with Crippen molar-refractivity contribution in [3.63, 3.8) is 0 Å². The highest BCUT2D eigenvalue weighted by Gasteiger charge is 2.25. The summed E-state index contributed by atoms with van der Waals surface area (Å²) in [7, 11) is 0. The van der Waals surface area contributed by atoms with E-state index >= 15 is 0 Å². The first-order valence-corrected chi connectivity index (χ1v) is 6.10. The third-order valence-corrected chi connectivity index (χ3v) is 2.58. The number of rotatable bonds is 2. The van der Waals surface area contributed by atoms with Crippen molar-refractivity contribution in [2.45, 2.75) is 26.4 Å². The summed E-state index contributed by atoms with van der Waals surface area (Å²) in [6, 6.07) is 4.73. The highest BCUT2D eigenvalue weighted by atomic mass is 79.9. The lowest BCUT2D eigenvalue weighted by atomic mass is 10.1. The Morgan fingerprint density at radius 3 is 2.41 bits per heavy atom. The first-order valence-electron chi connectivity index (χ1n) is 4.93. The molecular formula is C12H12BrClO3. The van der Waals surface area contributed by atoms with Crippen LogP contribution in [0.2, 0.25) is 5.02 Å². The number of halogens is 2. The van der Waals surface area contributed by atoms with E-state index in [1.807, 2.05) is 0 Å². The lowest BCUT2D eigenvalue weighted by Gasteiger charge is -2.18. The van der Waals surface area contributed by atoms with Crippen molar-refractivity contribution in [2.75, 3.05) is 0 Å². The minimum atomic E-state index is -0.905. The van der Waals surface area contributed by atoms with E-state index in [9.17, 15) is 9.59 Å². The largest absolute Gasteiger partial charge is 0.454 e. The maximum absolute atomic E-state index is 11.8. The van der Waals surface area contributed by atoms with Crippen LogP contribution in [-0.2, 0) is 9.53 Å². The molecule has 0 saturated carbocycles. The lowest BCUT2D eigenvalue weighted by Crippen LogP contribution is -2.29. The normalized spacial score (nSPS) is 11.1. The van der Waals surface area contributed by atoms with Crippen LogP contribution in [0.15, 0.2) is 22.7 Å². The van der Waals surface area contributed by atoms with Gasteiger partial charge in [-0.3, -0.25) is 4.79 Å². The molecule has 0 aliphatic rings. The number of hydrogen-bond donors (Lipinski definition) is 0. The SMILES string of the molecule is CC(C)(C)OC(=O)C(=O)c1cc(Br)ccc1Cl. The fourth-order valence-corrected chi connectivity index (χ4v) is 1.67. The number of ether oxygens (including phenoxy) is 1. The van der Waals surface area contributed by atoms with E-state index < -0.39 is 17.4 Å². The molecule has 0 aromatic heterocycles. The number of esters is 1. The maximum atomic E-state index is 11.8. The molecule has 0 N–H and O–H groups in total. The monoisotopic (exact) mass is 318 g/mol. The molecule has 0 aliphatic heterocycles. The van der Waals surface area contributed by atoms with E-state index in [4.69, 9.17) is 16.3 Å². The molecule has 0 atom stereocenters. The van der Waals surface area contributed by atoms with Gasteiger partial charge in [-0.05, 0) is 39.0 Å². The number of ketones is 1. The van der Waals surface area contributed by atoms with Gasteiger partial charge in [0.1, 0.15) is 5.60 Å². The Balaban J connectivity index is 2.97. The minimum absolute atomic E-state index is 0.135. The second kappa shape index (κ2) is 5.19. The molecule has 1 rings (SSSR count). The number of hydrogen-bond acceptors (Lipinski definition) is 3. The summed E-state index contributed by atoms with van der Waals surface area (Å²) in [4.78, 5) is 23.4. The average Bonchev–Trinajstić information content (AvgIpc) is 2.18. The predicted molar refractivity (Wildman–Crippen MR) is 69.3 cm³/mol. The van der Waals surface area contributed by atoms with E-state index in [-0.39, 0.29) is 10.6 Å². The predicted octanol–water partition coefficient (Wildman–Crippen LogP) is 3.63. The highest BCUT2D eigenvalue weighted by Crippen LogP contribution is 2.22. The van der Waals surface area contributed by atoms with E-state index in [2.05, 4.69) is 15.9 Å². The van der Waals surface area contributed by atoms with Crippen LogP contribution in [0.25, 0.3) is 0 Å². The van der Waals surface area contributed by atoms with E-state index in [1.54, 1.807) is 32.9 Å². The smallest absolute Gasteiger partial charge is 0.380 e. The molecule has 0 unspecified atom stereocenters. The van der Waals surface area contributed by atoms with Crippen molar-refractivity contribution in [1.29, 1.82) is 0 Å². The average molecular weight is 320 g/mol. The van der Waals surface area contributed by atoms with Crippen LogP contribution < -0.4 is 0 Å². The molecule has 5 heteroatoms. The third kappa shape index (κ3) is 4.13. The van der Waals surface area contributed by atoms with Gasteiger partial charge in [-0.1, -0.05) is 27.5 Å². The van der Waals surface area contributed by atoms with Crippen molar-refractivity contribution < 1.29 is 14.3 Å². The van der Waals surface area contributed by atoms with E-state index in [0.29, 0.717) is 4.47 Å². The Morgan fingerprint density at radius 1 is 1.29 bits per heavy atom. The maximum Gasteiger partial charge on any atom is 0.380 e. The third-order valence-electron chi connectivity index (χ3n) is 1.76. The summed E-state index contributed by atoms with van der Waals surface area (Å²) in [5, 5.41) is 0.226. The molecule has 0 aliphatic carbocycles. The summed E-state index contributed by atoms with van der Waals surface area (Å²) in [6.45, 7) is 5.09. The van der Waals surface area contributed by atoms with Gasteiger partial charge < -0.3 is 4.74 Å². The van der Waals surface area contributed by atoms with Crippen LogP contribution in [0, 0.1) is 0 Å². The van der Waals surface area contributed by atoms with Gasteiger partial charge in [0.05, 0.1) is 5.02 Å². The van der Waals surface area contributed by atoms with Gasteiger partial charge in [0.25, 0.3) is 5.78 Å². The minimum Gasteiger partial charge on any atom is -0.454 e. The molecule has 17 heavy (non-hydrogen) atoms.